The summed E-state index contributed by atoms with van der Waals surface area (Å²) < 4.78 is 0. The van der Waals surface area contributed by atoms with Crippen molar-refractivity contribution in [2.45, 2.75) is 50.6 Å². The van der Waals surface area contributed by atoms with Gasteiger partial charge >= 0.3 is 11.9 Å². The second-order valence-corrected chi connectivity index (χ2v) is 5.67. The third-order valence-electron chi connectivity index (χ3n) is 4.27. The lowest BCUT2D eigenvalue weighted by Gasteiger charge is -2.23. The van der Waals surface area contributed by atoms with Gasteiger partial charge in [-0.1, -0.05) is 0 Å². The van der Waals surface area contributed by atoms with Crippen LogP contribution in [0, 0.1) is 0 Å². The van der Waals surface area contributed by atoms with E-state index in [-0.39, 0.29) is 24.7 Å². The minimum atomic E-state index is -1.03. The molecule has 2 fully saturated rings. The standard InChI is InChI=1S/C14H20N2O6/c17-11(15-7-1-3-9(15)13(19)20)5-6-12(18)16-8-2-4-10(16)14(21)22/h9-10H,1-8H2,(H,19,20)(H,21,22)/t9-,10-/m0/s1. The van der Waals surface area contributed by atoms with Gasteiger partial charge in [-0.2, -0.15) is 0 Å². The Bertz CT molecular complexity index is 448. The molecule has 2 heterocycles. The van der Waals surface area contributed by atoms with Gasteiger partial charge in [0.15, 0.2) is 0 Å². The SMILES string of the molecule is O=C(O)[C@@H]1CCCN1C(=O)CCC(=O)N1CCC[C@H]1C(=O)O. The Kier molecular flexibility index (Phi) is 4.99. The summed E-state index contributed by atoms with van der Waals surface area (Å²) in [6.07, 6.45) is 2.00. The zero-order chi connectivity index (χ0) is 16.3. The summed E-state index contributed by atoms with van der Waals surface area (Å²) in [6, 6.07) is -1.61. The minimum Gasteiger partial charge on any atom is -0.480 e. The van der Waals surface area contributed by atoms with Crippen LogP contribution in [0.5, 0.6) is 0 Å². The molecule has 8 nitrogen and oxygen atoms in total. The predicted molar refractivity (Wildman–Crippen MR) is 74.0 cm³/mol. The highest BCUT2D eigenvalue weighted by Crippen LogP contribution is 2.21. The Balaban J connectivity index is 1.87. The Morgan fingerprint density at radius 1 is 0.773 bits per heavy atom. The van der Waals surface area contributed by atoms with Crippen LogP contribution in [0.15, 0.2) is 0 Å². The first kappa shape index (κ1) is 16.3. The summed E-state index contributed by atoms with van der Waals surface area (Å²) in [5.41, 5.74) is 0. The van der Waals surface area contributed by atoms with Crippen LogP contribution < -0.4 is 0 Å². The molecule has 2 aliphatic rings. The van der Waals surface area contributed by atoms with Gasteiger partial charge in [-0.3, -0.25) is 9.59 Å². The molecule has 0 bridgehead atoms. The molecular weight excluding hydrogens is 292 g/mol. The monoisotopic (exact) mass is 312 g/mol. The van der Waals surface area contributed by atoms with Crippen LogP contribution in [-0.4, -0.2) is 68.9 Å². The molecule has 2 rings (SSSR count). The average molecular weight is 312 g/mol. The van der Waals surface area contributed by atoms with Crippen LogP contribution in [0.2, 0.25) is 0 Å². The van der Waals surface area contributed by atoms with Gasteiger partial charge in [0.1, 0.15) is 12.1 Å². The highest BCUT2D eigenvalue weighted by molar-refractivity contribution is 5.89. The van der Waals surface area contributed by atoms with E-state index in [2.05, 4.69) is 0 Å². The summed E-state index contributed by atoms with van der Waals surface area (Å²) in [5.74, 6) is -2.76. The van der Waals surface area contributed by atoms with Crippen LogP contribution in [0.1, 0.15) is 38.5 Å². The molecule has 2 saturated heterocycles. The van der Waals surface area contributed by atoms with Gasteiger partial charge in [0.25, 0.3) is 0 Å². The lowest BCUT2D eigenvalue weighted by Crippen LogP contribution is -2.42. The number of hydrogen-bond acceptors (Lipinski definition) is 4. The topological polar surface area (TPSA) is 115 Å². The smallest absolute Gasteiger partial charge is 0.326 e. The molecule has 0 spiro atoms. The van der Waals surface area contributed by atoms with Crippen molar-refractivity contribution in [3.63, 3.8) is 0 Å². The van der Waals surface area contributed by atoms with E-state index in [4.69, 9.17) is 10.2 Å². The van der Waals surface area contributed by atoms with Gasteiger partial charge < -0.3 is 20.0 Å². The van der Waals surface area contributed by atoms with Crippen molar-refractivity contribution in [2.24, 2.45) is 0 Å². The molecule has 0 radical (unpaired) electrons. The van der Waals surface area contributed by atoms with E-state index < -0.39 is 24.0 Å². The van der Waals surface area contributed by atoms with Crippen LogP contribution in [0.25, 0.3) is 0 Å². The van der Waals surface area contributed by atoms with E-state index in [0.717, 1.165) is 0 Å². The maximum absolute atomic E-state index is 12.1. The normalized spacial score (nSPS) is 24.5. The fraction of sp³-hybridized carbons (Fsp3) is 0.714. The van der Waals surface area contributed by atoms with Crippen molar-refractivity contribution in [1.29, 1.82) is 0 Å². The highest BCUT2D eigenvalue weighted by Gasteiger charge is 2.36. The molecule has 122 valence electrons. The predicted octanol–water partition coefficient (Wildman–Crippen LogP) is -0.0822. The number of aliphatic carboxylic acids is 2. The molecule has 22 heavy (non-hydrogen) atoms. The molecule has 2 amide bonds. The second-order valence-electron chi connectivity index (χ2n) is 5.67. The van der Waals surface area contributed by atoms with Crippen LogP contribution in [0.3, 0.4) is 0 Å². The van der Waals surface area contributed by atoms with Gasteiger partial charge in [-0.15, -0.1) is 0 Å². The number of carbonyl (C=O) groups excluding carboxylic acids is 2. The van der Waals surface area contributed by atoms with E-state index in [1.807, 2.05) is 0 Å². The van der Waals surface area contributed by atoms with E-state index in [1.165, 1.54) is 9.80 Å². The molecule has 0 saturated carbocycles. The lowest BCUT2D eigenvalue weighted by atomic mass is 10.2. The number of carbonyl (C=O) groups is 4. The third kappa shape index (κ3) is 3.37. The number of hydrogen-bond donors (Lipinski definition) is 2. The first-order valence-electron chi connectivity index (χ1n) is 7.46. The minimum absolute atomic E-state index is 0.0779. The summed E-state index contributed by atoms with van der Waals surface area (Å²) in [5, 5.41) is 18.1. The van der Waals surface area contributed by atoms with Crippen molar-refractivity contribution in [2.75, 3.05) is 13.1 Å². The van der Waals surface area contributed by atoms with Crippen LogP contribution in [0.4, 0.5) is 0 Å². The molecule has 2 N–H and O–H groups in total. The number of rotatable bonds is 5. The van der Waals surface area contributed by atoms with Crippen molar-refractivity contribution in [3.05, 3.63) is 0 Å². The van der Waals surface area contributed by atoms with Gasteiger partial charge in [-0.05, 0) is 25.7 Å². The Hall–Kier alpha value is -2.12. The molecule has 0 aliphatic carbocycles. The Labute approximate surface area is 127 Å². The maximum Gasteiger partial charge on any atom is 0.326 e. The lowest BCUT2D eigenvalue weighted by molar-refractivity contribution is -0.150. The molecule has 2 aliphatic heterocycles. The van der Waals surface area contributed by atoms with E-state index in [1.54, 1.807) is 0 Å². The number of carboxylic acids is 2. The molecule has 8 heteroatoms. The van der Waals surface area contributed by atoms with E-state index >= 15 is 0 Å². The first-order valence-corrected chi connectivity index (χ1v) is 7.46. The fourth-order valence-corrected chi connectivity index (χ4v) is 3.14. The first-order chi connectivity index (χ1) is 10.4. The molecule has 0 aromatic heterocycles. The third-order valence-corrected chi connectivity index (χ3v) is 4.27. The molecule has 0 aromatic rings. The number of amides is 2. The van der Waals surface area contributed by atoms with Gasteiger partial charge in [0, 0.05) is 25.9 Å². The quantitative estimate of drug-likeness (QED) is 0.733. The highest BCUT2D eigenvalue weighted by atomic mass is 16.4. The van der Waals surface area contributed by atoms with Gasteiger partial charge in [-0.25, -0.2) is 9.59 Å². The fourth-order valence-electron chi connectivity index (χ4n) is 3.14. The molecule has 0 aromatic carbocycles. The average Bonchev–Trinajstić information content (AvgIpc) is 3.12. The largest absolute Gasteiger partial charge is 0.480 e. The van der Waals surface area contributed by atoms with Crippen molar-refractivity contribution in [1.82, 2.24) is 9.80 Å². The second kappa shape index (κ2) is 6.76. The summed E-state index contributed by atoms with van der Waals surface area (Å²) in [6.45, 7) is 0.789. The number of likely N-dealkylation sites (tertiary alicyclic amines) is 2. The van der Waals surface area contributed by atoms with Crippen LogP contribution >= 0.6 is 0 Å². The molecule has 2 atom stereocenters. The van der Waals surface area contributed by atoms with E-state index in [0.29, 0.717) is 38.8 Å². The zero-order valence-corrected chi connectivity index (χ0v) is 12.2. The summed E-state index contributed by atoms with van der Waals surface area (Å²) in [4.78, 5) is 48.8. The summed E-state index contributed by atoms with van der Waals surface area (Å²) in [7, 11) is 0. The zero-order valence-electron chi connectivity index (χ0n) is 12.2. The maximum atomic E-state index is 12.1. The Morgan fingerprint density at radius 2 is 1.14 bits per heavy atom. The number of nitrogens with zero attached hydrogens (tertiary/aromatic N) is 2. The van der Waals surface area contributed by atoms with E-state index in [9.17, 15) is 19.2 Å². The number of carboxylic acid groups (broad SMARTS) is 2. The van der Waals surface area contributed by atoms with Crippen molar-refractivity contribution >= 4 is 23.8 Å². The molecule has 0 unspecified atom stereocenters. The summed E-state index contributed by atoms with van der Waals surface area (Å²) >= 11 is 0. The van der Waals surface area contributed by atoms with Crippen molar-refractivity contribution < 1.29 is 29.4 Å². The van der Waals surface area contributed by atoms with Crippen molar-refractivity contribution in [3.8, 4) is 0 Å². The Morgan fingerprint density at radius 3 is 1.45 bits per heavy atom. The van der Waals surface area contributed by atoms with Gasteiger partial charge in [0.05, 0.1) is 0 Å². The van der Waals surface area contributed by atoms with Gasteiger partial charge in [0.2, 0.25) is 11.8 Å². The molecular formula is C14H20N2O6. The van der Waals surface area contributed by atoms with Crippen LogP contribution in [-0.2, 0) is 19.2 Å².